The van der Waals surface area contributed by atoms with Crippen molar-refractivity contribution in [3.05, 3.63) is 39.4 Å². The Hall–Kier alpha value is -1.37. The normalized spacial score (nSPS) is 10.3. The largest absolute Gasteiger partial charge is 0.493 e. The number of carbonyl (C=O) groups is 1. The van der Waals surface area contributed by atoms with Crippen LogP contribution < -0.4 is 4.74 Å². The number of halogens is 2. The van der Waals surface area contributed by atoms with Gasteiger partial charge in [0.15, 0.2) is 23.6 Å². The van der Waals surface area contributed by atoms with E-state index in [0.717, 1.165) is 0 Å². The molecule has 1 aromatic heterocycles. The maximum absolute atomic E-state index is 13.8. The van der Waals surface area contributed by atoms with E-state index in [2.05, 4.69) is 0 Å². The van der Waals surface area contributed by atoms with Crippen LogP contribution >= 0.6 is 22.6 Å². The Labute approximate surface area is 111 Å². The highest BCUT2D eigenvalue weighted by atomic mass is 127. The predicted octanol–water partition coefficient (Wildman–Crippen LogP) is 3.51. The van der Waals surface area contributed by atoms with Gasteiger partial charge in [-0.05, 0) is 46.9 Å². The third-order valence-electron chi connectivity index (χ3n) is 2.26. The lowest BCUT2D eigenvalue weighted by Crippen LogP contribution is -1.94. The van der Waals surface area contributed by atoms with Crippen molar-refractivity contribution in [3.63, 3.8) is 0 Å². The summed E-state index contributed by atoms with van der Waals surface area (Å²) in [5, 5.41) is 0. The summed E-state index contributed by atoms with van der Waals surface area (Å²) in [7, 11) is 1.39. The molecule has 0 amide bonds. The Morgan fingerprint density at radius 1 is 1.35 bits per heavy atom. The van der Waals surface area contributed by atoms with Gasteiger partial charge in [-0.15, -0.1) is 0 Å². The first-order valence-corrected chi connectivity index (χ1v) is 5.82. The minimum absolute atomic E-state index is 0.115. The molecule has 1 aromatic carbocycles. The van der Waals surface area contributed by atoms with E-state index in [1.54, 1.807) is 18.2 Å². The Morgan fingerprint density at radius 2 is 2.12 bits per heavy atom. The van der Waals surface area contributed by atoms with Gasteiger partial charge in [0, 0.05) is 0 Å². The molecule has 1 heterocycles. The van der Waals surface area contributed by atoms with Gasteiger partial charge in [0.1, 0.15) is 5.76 Å². The maximum atomic E-state index is 13.8. The SMILES string of the molecule is COc1c(-c2ccc(C=O)o2)ccc(I)c1F. The minimum atomic E-state index is -0.436. The molecule has 2 rings (SSSR count). The van der Waals surface area contributed by atoms with Gasteiger partial charge < -0.3 is 9.15 Å². The maximum Gasteiger partial charge on any atom is 0.185 e. The van der Waals surface area contributed by atoms with Crippen LogP contribution in [0.25, 0.3) is 11.3 Å². The smallest absolute Gasteiger partial charge is 0.185 e. The number of furan rings is 1. The standard InChI is InChI=1S/C12H8FIO3/c1-16-12-8(3-4-9(14)11(12)13)10-5-2-7(6-15)17-10/h2-6H,1H3. The van der Waals surface area contributed by atoms with Crippen LogP contribution in [-0.2, 0) is 0 Å². The molecule has 0 aliphatic rings. The Kier molecular flexibility index (Phi) is 3.46. The van der Waals surface area contributed by atoms with Crippen LogP contribution in [0.2, 0.25) is 0 Å². The molecule has 0 saturated heterocycles. The van der Waals surface area contributed by atoms with Gasteiger partial charge in [-0.1, -0.05) is 0 Å². The quantitative estimate of drug-likeness (QED) is 0.631. The monoisotopic (exact) mass is 346 g/mol. The molecule has 5 heteroatoms. The summed E-state index contributed by atoms with van der Waals surface area (Å²) in [6, 6.07) is 6.44. The molecule has 0 saturated carbocycles. The molecule has 2 aromatic rings. The molecule has 0 atom stereocenters. The molecule has 0 aliphatic heterocycles. The number of hydrogen-bond acceptors (Lipinski definition) is 3. The summed E-state index contributed by atoms with van der Waals surface area (Å²) < 4.78 is 24.5. The average molecular weight is 346 g/mol. The second-order valence-electron chi connectivity index (χ2n) is 3.26. The zero-order valence-corrected chi connectivity index (χ0v) is 11.0. The summed E-state index contributed by atoms with van der Waals surface area (Å²) in [4.78, 5) is 10.5. The van der Waals surface area contributed by atoms with Crippen LogP contribution in [-0.4, -0.2) is 13.4 Å². The van der Waals surface area contributed by atoms with Crippen molar-refractivity contribution in [1.82, 2.24) is 0 Å². The van der Waals surface area contributed by atoms with Gasteiger partial charge in [0.2, 0.25) is 0 Å². The molecule has 0 fully saturated rings. The zero-order valence-electron chi connectivity index (χ0n) is 8.87. The van der Waals surface area contributed by atoms with Gasteiger partial charge in [-0.25, -0.2) is 4.39 Å². The number of aldehydes is 1. The predicted molar refractivity (Wildman–Crippen MR) is 68.8 cm³/mol. The van der Waals surface area contributed by atoms with Crippen LogP contribution in [0.1, 0.15) is 10.6 Å². The molecular weight excluding hydrogens is 338 g/mol. The van der Waals surface area contributed by atoms with E-state index in [1.165, 1.54) is 13.2 Å². The summed E-state index contributed by atoms with van der Waals surface area (Å²) in [6.07, 6.45) is 0.596. The number of carbonyl (C=O) groups excluding carboxylic acids is 1. The van der Waals surface area contributed by atoms with Crippen molar-refractivity contribution in [2.24, 2.45) is 0 Å². The fraction of sp³-hybridized carbons (Fsp3) is 0.0833. The number of methoxy groups -OCH3 is 1. The van der Waals surface area contributed by atoms with Gasteiger partial charge in [0.25, 0.3) is 0 Å². The third-order valence-corrected chi connectivity index (χ3v) is 3.10. The van der Waals surface area contributed by atoms with E-state index in [0.29, 0.717) is 21.2 Å². The van der Waals surface area contributed by atoms with E-state index in [-0.39, 0.29) is 11.5 Å². The second-order valence-corrected chi connectivity index (χ2v) is 4.42. The molecule has 0 radical (unpaired) electrons. The van der Waals surface area contributed by atoms with Crippen LogP contribution in [0.15, 0.2) is 28.7 Å². The molecule has 0 unspecified atom stereocenters. The van der Waals surface area contributed by atoms with Gasteiger partial charge in [-0.3, -0.25) is 4.79 Å². The highest BCUT2D eigenvalue weighted by Crippen LogP contribution is 2.35. The van der Waals surface area contributed by atoms with Gasteiger partial charge in [-0.2, -0.15) is 0 Å². The zero-order chi connectivity index (χ0) is 12.4. The Morgan fingerprint density at radius 3 is 2.71 bits per heavy atom. The van der Waals surface area contributed by atoms with E-state index in [9.17, 15) is 9.18 Å². The first-order valence-electron chi connectivity index (χ1n) is 4.74. The van der Waals surface area contributed by atoms with Gasteiger partial charge in [0.05, 0.1) is 16.2 Å². The van der Waals surface area contributed by atoms with Crippen molar-refractivity contribution in [2.75, 3.05) is 7.11 Å². The summed E-state index contributed by atoms with van der Waals surface area (Å²) in [5.74, 6) is 0.276. The lowest BCUT2D eigenvalue weighted by molar-refractivity contribution is 0.110. The first kappa shape index (κ1) is 12.1. The van der Waals surface area contributed by atoms with E-state index in [1.807, 2.05) is 22.6 Å². The van der Waals surface area contributed by atoms with Crippen molar-refractivity contribution in [2.45, 2.75) is 0 Å². The Bertz CT molecular complexity index is 563. The lowest BCUT2D eigenvalue weighted by Gasteiger charge is -2.08. The van der Waals surface area contributed by atoms with Crippen LogP contribution in [0.3, 0.4) is 0 Å². The van der Waals surface area contributed by atoms with Crippen LogP contribution in [0.4, 0.5) is 4.39 Å². The van der Waals surface area contributed by atoms with Gasteiger partial charge >= 0.3 is 0 Å². The number of rotatable bonds is 3. The summed E-state index contributed by atoms with van der Waals surface area (Å²) in [5.41, 5.74) is 0.485. The highest BCUT2D eigenvalue weighted by Gasteiger charge is 2.16. The van der Waals surface area contributed by atoms with Crippen molar-refractivity contribution in [1.29, 1.82) is 0 Å². The van der Waals surface area contributed by atoms with Crippen molar-refractivity contribution < 1.29 is 18.3 Å². The van der Waals surface area contributed by atoms with Crippen LogP contribution in [0.5, 0.6) is 5.75 Å². The Balaban J connectivity index is 2.58. The molecule has 0 bridgehead atoms. The van der Waals surface area contributed by atoms with E-state index >= 15 is 0 Å². The topological polar surface area (TPSA) is 39.4 Å². The average Bonchev–Trinajstić information content (AvgIpc) is 2.81. The molecule has 0 N–H and O–H groups in total. The number of benzene rings is 1. The summed E-state index contributed by atoms with van der Waals surface area (Å²) in [6.45, 7) is 0. The summed E-state index contributed by atoms with van der Waals surface area (Å²) >= 11 is 1.88. The highest BCUT2D eigenvalue weighted by molar-refractivity contribution is 14.1. The van der Waals surface area contributed by atoms with Crippen molar-refractivity contribution in [3.8, 4) is 17.1 Å². The number of hydrogen-bond donors (Lipinski definition) is 0. The molecule has 17 heavy (non-hydrogen) atoms. The molecule has 3 nitrogen and oxygen atoms in total. The number of ether oxygens (including phenoxy) is 1. The molecule has 88 valence electrons. The molecular formula is C12H8FIO3. The molecule has 0 aliphatic carbocycles. The van der Waals surface area contributed by atoms with E-state index in [4.69, 9.17) is 9.15 Å². The first-order chi connectivity index (χ1) is 8.17. The molecule has 0 spiro atoms. The third kappa shape index (κ3) is 2.19. The minimum Gasteiger partial charge on any atom is -0.493 e. The lowest BCUT2D eigenvalue weighted by atomic mass is 10.1. The second kappa shape index (κ2) is 4.87. The fourth-order valence-electron chi connectivity index (χ4n) is 1.49. The van der Waals surface area contributed by atoms with E-state index < -0.39 is 5.82 Å². The van der Waals surface area contributed by atoms with Crippen LogP contribution in [0, 0.1) is 9.39 Å². The van der Waals surface area contributed by atoms with Crippen molar-refractivity contribution >= 4 is 28.9 Å². The fourth-order valence-corrected chi connectivity index (χ4v) is 1.91.